The SMILES string of the molecule is COc1cc(NC(=O)C(=O)NCCN)cc(OC)c1OC. The van der Waals surface area contributed by atoms with Crippen LogP contribution in [0.5, 0.6) is 17.2 Å². The van der Waals surface area contributed by atoms with Gasteiger partial charge in [-0.15, -0.1) is 0 Å². The Kier molecular flexibility index (Phi) is 6.28. The molecule has 0 spiro atoms. The zero-order valence-corrected chi connectivity index (χ0v) is 12.2. The minimum absolute atomic E-state index is 0.224. The van der Waals surface area contributed by atoms with E-state index in [0.29, 0.717) is 22.9 Å². The Morgan fingerprint density at radius 2 is 1.62 bits per heavy atom. The molecule has 0 aromatic heterocycles. The maximum atomic E-state index is 11.7. The molecule has 2 amide bonds. The first-order chi connectivity index (χ1) is 10.1. The van der Waals surface area contributed by atoms with Gasteiger partial charge < -0.3 is 30.6 Å². The largest absolute Gasteiger partial charge is 0.493 e. The van der Waals surface area contributed by atoms with Crippen LogP contribution < -0.4 is 30.6 Å². The van der Waals surface area contributed by atoms with E-state index in [2.05, 4.69) is 10.6 Å². The second kappa shape index (κ2) is 7.95. The second-order valence-electron chi connectivity index (χ2n) is 3.91. The van der Waals surface area contributed by atoms with Gasteiger partial charge in [0.2, 0.25) is 5.75 Å². The molecule has 8 heteroatoms. The van der Waals surface area contributed by atoms with Crippen LogP contribution in [0.2, 0.25) is 0 Å². The Morgan fingerprint density at radius 1 is 1.05 bits per heavy atom. The predicted octanol–water partition coefficient (Wildman–Crippen LogP) is -0.274. The molecular formula is C13H19N3O5. The van der Waals surface area contributed by atoms with Crippen LogP contribution >= 0.6 is 0 Å². The molecule has 0 unspecified atom stereocenters. The highest BCUT2D eigenvalue weighted by Gasteiger charge is 2.17. The first kappa shape index (κ1) is 16.6. The molecule has 0 aliphatic carbocycles. The summed E-state index contributed by atoms with van der Waals surface area (Å²) in [6.45, 7) is 0.477. The van der Waals surface area contributed by atoms with Gasteiger partial charge in [0.15, 0.2) is 11.5 Å². The summed E-state index contributed by atoms with van der Waals surface area (Å²) >= 11 is 0. The number of hydrogen-bond acceptors (Lipinski definition) is 6. The minimum atomic E-state index is -0.808. The van der Waals surface area contributed by atoms with Crippen molar-refractivity contribution in [2.75, 3.05) is 39.7 Å². The van der Waals surface area contributed by atoms with Crippen molar-refractivity contribution >= 4 is 17.5 Å². The van der Waals surface area contributed by atoms with E-state index >= 15 is 0 Å². The molecule has 0 saturated carbocycles. The monoisotopic (exact) mass is 297 g/mol. The van der Waals surface area contributed by atoms with Gasteiger partial charge in [-0.1, -0.05) is 0 Å². The van der Waals surface area contributed by atoms with E-state index in [4.69, 9.17) is 19.9 Å². The van der Waals surface area contributed by atoms with Crippen LogP contribution in [0, 0.1) is 0 Å². The molecule has 0 fully saturated rings. The normalized spacial score (nSPS) is 9.71. The number of methoxy groups -OCH3 is 3. The van der Waals surface area contributed by atoms with E-state index in [1.54, 1.807) is 0 Å². The van der Waals surface area contributed by atoms with Gasteiger partial charge >= 0.3 is 11.8 Å². The van der Waals surface area contributed by atoms with Crippen molar-refractivity contribution in [1.29, 1.82) is 0 Å². The summed E-state index contributed by atoms with van der Waals surface area (Å²) in [4.78, 5) is 23.2. The number of carbonyl (C=O) groups is 2. The third-order valence-electron chi connectivity index (χ3n) is 2.56. The summed E-state index contributed by atoms with van der Waals surface area (Å²) in [7, 11) is 4.38. The number of nitrogens with one attached hydrogen (secondary N) is 2. The molecule has 4 N–H and O–H groups in total. The van der Waals surface area contributed by atoms with Crippen LogP contribution in [0.4, 0.5) is 5.69 Å². The number of nitrogens with two attached hydrogens (primary N) is 1. The van der Waals surface area contributed by atoms with Gasteiger partial charge in [0.25, 0.3) is 0 Å². The van der Waals surface area contributed by atoms with Crippen molar-refractivity contribution in [1.82, 2.24) is 5.32 Å². The van der Waals surface area contributed by atoms with E-state index in [-0.39, 0.29) is 13.1 Å². The summed E-state index contributed by atoms with van der Waals surface area (Å²) in [6.07, 6.45) is 0. The van der Waals surface area contributed by atoms with Gasteiger partial charge in [-0.25, -0.2) is 0 Å². The van der Waals surface area contributed by atoms with Crippen LogP contribution in [0.1, 0.15) is 0 Å². The van der Waals surface area contributed by atoms with Crippen molar-refractivity contribution in [2.45, 2.75) is 0 Å². The van der Waals surface area contributed by atoms with Crippen molar-refractivity contribution in [3.8, 4) is 17.2 Å². The van der Waals surface area contributed by atoms with Crippen LogP contribution in [-0.2, 0) is 9.59 Å². The first-order valence-corrected chi connectivity index (χ1v) is 6.16. The summed E-state index contributed by atoms with van der Waals surface area (Å²) < 4.78 is 15.5. The van der Waals surface area contributed by atoms with Crippen LogP contribution in [-0.4, -0.2) is 46.2 Å². The molecule has 0 heterocycles. The van der Waals surface area contributed by atoms with Gasteiger partial charge in [-0.3, -0.25) is 9.59 Å². The number of benzene rings is 1. The van der Waals surface area contributed by atoms with Crippen molar-refractivity contribution < 1.29 is 23.8 Å². The molecule has 0 aliphatic heterocycles. The zero-order valence-electron chi connectivity index (χ0n) is 12.2. The number of carbonyl (C=O) groups excluding carboxylic acids is 2. The van der Waals surface area contributed by atoms with Crippen LogP contribution in [0.15, 0.2) is 12.1 Å². The molecule has 1 rings (SSSR count). The van der Waals surface area contributed by atoms with Gasteiger partial charge in [-0.2, -0.15) is 0 Å². The lowest BCUT2D eigenvalue weighted by atomic mass is 10.2. The Labute approximate surface area is 122 Å². The molecule has 116 valence electrons. The number of hydrogen-bond donors (Lipinski definition) is 3. The van der Waals surface area contributed by atoms with E-state index in [1.807, 2.05) is 0 Å². The fourth-order valence-corrected chi connectivity index (χ4v) is 1.61. The summed E-state index contributed by atoms with van der Waals surface area (Å²) in [5, 5.41) is 4.81. The number of rotatable bonds is 6. The second-order valence-corrected chi connectivity index (χ2v) is 3.91. The average molecular weight is 297 g/mol. The highest BCUT2D eigenvalue weighted by molar-refractivity contribution is 6.39. The van der Waals surface area contributed by atoms with Gasteiger partial charge in [0.1, 0.15) is 0 Å². The zero-order chi connectivity index (χ0) is 15.8. The van der Waals surface area contributed by atoms with Crippen LogP contribution in [0.3, 0.4) is 0 Å². The van der Waals surface area contributed by atoms with Gasteiger partial charge in [0, 0.05) is 30.9 Å². The quantitative estimate of drug-likeness (QED) is 0.623. The highest BCUT2D eigenvalue weighted by atomic mass is 16.5. The average Bonchev–Trinajstić information content (AvgIpc) is 2.51. The maximum Gasteiger partial charge on any atom is 0.313 e. The van der Waals surface area contributed by atoms with Crippen molar-refractivity contribution in [3.63, 3.8) is 0 Å². The number of ether oxygens (including phenoxy) is 3. The maximum absolute atomic E-state index is 11.7. The highest BCUT2D eigenvalue weighted by Crippen LogP contribution is 2.39. The Hall–Kier alpha value is -2.48. The summed E-state index contributed by atoms with van der Waals surface area (Å²) in [5.41, 5.74) is 5.59. The molecular weight excluding hydrogens is 278 g/mol. The summed E-state index contributed by atoms with van der Waals surface area (Å²) in [5.74, 6) is -0.443. The predicted molar refractivity (Wildman–Crippen MR) is 76.8 cm³/mol. The van der Waals surface area contributed by atoms with Crippen molar-refractivity contribution in [2.24, 2.45) is 5.73 Å². The lowest BCUT2D eigenvalue weighted by molar-refractivity contribution is -0.136. The first-order valence-electron chi connectivity index (χ1n) is 6.16. The molecule has 21 heavy (non-hydrogen) atoms. The third-order valence-corrected chi connectivity index (χ3v) is 2.56. The topological polar surface area (TPSA) is 112 Å². The standard InChI is InChI=1S/C13H19N3O5/c1-19-9-6-8(7-10(20-2)11(9)21-3)16-13(18)12(17)15-5-4-14/h6-7H,4-5,14H2,1-3H3,(H,15,17)(H,16,18). The van der Waals surface area contributed by atoms with E-state index in [1.165, 1.54) is 33.5 Å². The van der Waals surface area contributed by atoms with E-state index < -0.39 is 11.8 Å². The van der Waals surface area contributed by atoms with Crippen LogP contribution in [0.25, 0.3) is 0 Å². The molecule has 0 bridgehead atoms. The fraction of sp³-hybridized carbons (Fsp3) is 0.385. The Bertz CT molecular complexity index is 494. The van der Waals surface area contributed by atoms with E-state index in [9.17, 15) is 9.59 Å². The van der Waals surface area contributed by atoms with E-state index in [0.717, 1.165) is 0 Å². The van der Waals surface area contributed by atoms with Gasteiger partial charge in [-0.05, 0) is 0 Å². The number of amides is 2. The number of anilines is 1. The Morgan fingerprint density at radius 3 is 2.05 bits per heavy atom. The smallest absolute Gasteiger partial charge is 0.313 e. The fourth-order valence-electron chi connectivity index (χ4n) is 1.61. The third kappa shape index (κ3) is 4.25. The minimum Gasteiger partial charge on any atom is -0.493 e. The molecule has 0 aliphatic rings. The van der Waals surface area contributed by atoms with Gasteiger partial charge in [0.05, 0.1) is 21.3 Å². The lowest BCUT2D eigenvalue weighted by Gasteiger charge is -2.14. The molecule has 1 aromatic carbocycles. The molecule has 0 radical (unpaired) electrons. The lowest BCUT2D eigenvalue weighted by Crippen LogP contribution is -2.37. The van der Waals surface area contributed by atoms with Crippen molar-refractivity contribution in [3.05, 3.63) is 12.1 Å². The molecule has 0 atom stereocenters. The molecule has 1 aromatic rings. The molecule has 8 nitrogen and oxygen atoms in total. The summed E-state index contributed by atoms with van der Waals surface area (Å²) in [6, 6.07) is 3.05. The Balaban J connectivity index is 2.93. The molecule has 0 saturated heterocycles.